The minimum atomic E-state index is -0.887. The van der Waals surface area contributed by atoms with Crippen molar-refractivity contribution in [1.29, 1.82) is 0 Å². The Morgan fingerprint density at radius 2 is 2.00 bits per heavy atom. The summed E-state index contributed by atoms with van der Waals surface area (Å²) in [6.07, 6.45) is 7.75. The molecule has 28 heavy (non-hydrogen) atoms. The van der Waals surface area contributed by atoms with Crippen molar-refractivity contribution in [3.05, 3.63) is 47.7 Å². The molecular weight excluding hydrogens is 362 g/mol. The van der Waals surface area contributed by atoms with Crippen LogP contribution in [0.5, 0.6) is 0 Å². The molecule has 0 spiro atoms. The van der Waals surface area contributed by atoms with E-state index >= 15 is 0 Å². The number of hydrogen-bond donors (Lipinski definition) is 1. The summed E-state index contributed by atoms with van der Waals surface area (Å²) in [5, 5.41) is 3.34. The Kier molecular flexibility index (Phi) is 6.54. The van der Waals surface area contributed by atoms with E-state index in [1.807, 2.05) is 0 Å². The van der Waals surface area contributed by atoms with Gasteiger partial charge in [0, 0.05) is 24.8 Å². The smallest absolute Gasteiger partial charge is 0.262 e. The zero-order valence-electron chi connectivity index (χ0n) is 16.3. The van der Waals surface area contributed by atoms with Gasteiger partial charge in [-0.15, -0.1) is 0 Å². The van der Waals surface area contributed by atoms with E-state index in [-0.39, 0.29) is 11.6 Å². The molecule has 5 nitrogen and oxygen atoms in total. The van der Waals surface area contributed by atoms with Crippen molar-refractivity contribution in [2.24, 2.45) is 5.92 Å². The normalized spacial score (nSPS) is 15.9. The largest absolute Gasteiger partial charge is 0.351 e. The SMILES string of the molecule is CCN(C(=O)c1ccc(F)cc1F)c1ccnc(N[C@@H](C)C2CCCCC2)n1. The molecule has 0 bridgehead atoms. The Morgan fingerprint density at radius 3 is 2.68 bits per heavy atom. The molecule has 1 aliphatic carbocycles. The summed E-state index contributed by atoms with van der Waals surface area (Å²) >= 11 is 0. The highest BCUT2D eigenvalue weighted by molar-refractivity contribution is 6.05. The lowest BCUT2D eigenvalue weighted by Gasteiger charge is -2.28. The molecule has 1 saturated carbocycles. The van der Waals surface area contributed by atoms with Gasteiger partial charge in [-0.1, -0.05) is 19.3 Å². The van der Waals surface area contributed by atoms with E-state index in [1.54, 1.807) is 19.2 Å². The average molecular weight is 388 g/mol. The van der Waals surface area contributed by atoms with Crippen molar-refractivity contribution in [2.75, 3.05) is 16.8 Å². The van der Waals surface area contributed by atoms with Crippen LogP contribution in [0.3, 0.4) is 0 Å². The van der Waals surface area contributed by atoms with Crippen molar-refractivity contribution < 1.29 is 13.6 Å². The highest BCUT2D eigenvalue weighted by Crippen LogP contribution is 2.28. The molecule has 2 aromatic rings. The first-order valence-corrected chi connectivity index (χ1v) is 9.86. The number of nitrogens with one attached hydrogen (secondary N) is 1. The van der Waals surface area contributed by atoms with Gasteiger partial charge in [-0.05, 0) is 50.8 Å². The first-order valence-electron chi connectivity index (χ1n) is 9.86. The van der Waals surface area contributed by atoms with Gasteiger partial charge in [0.15, 0.2) is 0 Å². The van der Waals surface area contributed by atoms with Gasteiger partial charge in [0.2, 0.25) is 5.95 Å². The molecule has 1 aromatic carbocycles. The van der Waals surface area contributed by atoms with Gasteiger partial charge in [0.05, 0.1) is 5.56 Å². The van der Waals surface area contributed by atoms with Crippen LogP contribution in [-0.4, -0.2) is 28.5 Å². The number of aromatic nitrogens is 2. The van der Waals surface area contributed by atoms with Crippen molar-refractivity contribution in [3.8, 4) is 0 Å². The minimum absolute atomic E-state index is 0.188. The molecule has 1 fully saturated rings. The summed E-state index contributed by atoms with van der Waals surface area (Å²) in [5.74, 6) is -0.765. The summed E-state index contributed by atoms with van der Waals surface area (Å²) in [5.41, 5.74) is -0.188. The van der Waals surface area contributed by atoms with Crippen LogP contribution in [0.1, 0.15) is 56.3 Å². The molecule has 1 heterocycles. The molecule has 0 saturated heterocycles. The maximum absolute atomic E-state index is 14.0. The van der Waals surface area contributed by atoms with Crippen LogP contribution in [0.25, 0.3) is 0 Å². The number of amides is 1. The fraction of sp³-hybridized carbons (Fsp3) is 0.476. The van der Waals surface area contributed by atoms with Crippen LogP contribution in [0, 0.1) is 17.6 Å². The zero-order valence-corrected chi connectivity index (χ0v) is 16.3. The Morgan fingerprint density at radius 1 is 1.25 bits per heavy atom. The predicted molar refractivity (Wildman–Crippen MR) is 105 cm³/mol. The van der Waals surface area contributed by atoms with Gasteiger partial charge in [-0.25, -0.2) is 13.8 Å². The topological polar surface area (TPSA) is 58.1 Å². The third kappa shape index (κ3) is 4.64. The van der Waals surface area contributed by atoms with Crippen LogP contribution in [-0.2, 0) is 0 Å². The number of rotatable bonds is 6. The summed E-state index contributed by atoms with van der Waals surface area (Å²) in [6, 6.07) is 4.78. The van der Waals surface area contributed by atoms with Crippen LogP contribution in [0.2, 0.25) is 0 Å². The average Bonchev–Trinajstić information content (AvgIpc) is 2.69. The van der Waals surface area contributed by atoms with Crippen molar-refractivity contribution in [3.63, 3.8) is 0 Å². The Labute approximate surface area is 164 Å². The fourth-order valence-electron chi connectivity index (χ4n) is 3.74. The van der Waals surface area contributed by atoms with E-state index in [2.05, 4.69) is 22.2 Å². The minimum Gasteiger partial charge on any atom is -0.351 e. The van der Waals surface area contributed by atoms with Gasteiger partial charge in [-0.2, -0.15) is 4.98 Å². The highest BCUT2D eigenvalue weighted by atomic mass is 19.1. The molecular formula is C21H26F2N4O. The molecule has 0 aliphatic heterocycles. The lowest BCUT2D eigenvalue weighted by Crippen LogP contribution is -2.33. The van der Waals surface area contributed by atoms with Crippen LogP contribution in [0.15, 0.2) is 30.5 Å². The Bertz CT molecular complexity index is 824. The van der Waals surface area contributed by atoms with Gasteiger partial charge in [-0.3, -0.25) is 9.69 Å². The second-order valence-corrected chi connectivity index (χ2v) is 7.24. The lowest BCUT2D eigenvalue weighted by molar-refractivity contribution is 0.0983. The first-order chi connectivity index (χ1) is 13.5. The summed E-state index contributed by atoms with van der Waals surface area (Å²) in [7, 11) is 0. The van der Waals surface area contributed by atoms with E-state index in [9.17, 15) is 13.6 Å². The number of anilines is 2. The Balaban J connectivity index is 1.77. The van der Waals surface area contributed by atoms with E-state index in [0.29, 0.717) is 30.3 Å². The molecule has 0 unspecified atom stereocenters. The lowest BCUT2D eigenvalue weighted by atomic mass is 9.85. The number of nitrogens with zero attached hydrogens (tertiary/aromatic N) is 3. The van der Waals surface area contributed by atoms with Gasteiger partial charge in [0.25, 0.3) is 5.91 Å². The molecule has 7 heteroatoms. The molecule has 150 valence electrons. The van der Waals surface area contributed by atoms with Gasteiger partial charge in [0.1, 0.15) is 17.5 Å². The molecule has 1 N–H and O–H groups in total. The second-order valence-electron chi connectivity index (χ2n) is 7.24. The quantitative estimate of drug-likeness (QED) is 0.772. The monoisotopic (exact) mass is 388 g/mol. The number of halogens is 2. The third-order valence-corrected chi connectivity index (χ3v) is 5.35. The fourth-order valence-corrected chi connectivity index (χ4v) is 3.74. The third-order valence-electron chi connectivity index (χ3n) is 5.35. The van der Waals surface area contributed by atoms with Gasteiger partial charge >= 0.3 is 0 Å². The number of carbonyl (C=O) groups excluding carboxylic acids is 1. The van der Waals surface area contributed by atoms with Crippen LogP contribution >= 0.6 is 0 Å². The number of carbonyl (C=O) groups is 1. The van der Waals surface area contributed by atoms with E-state index in [4.69, 9.17) is 0 Å². The zero-order chi connectivity index (χ0) is 20.1. The predicted octanol–water partition coefficient (Wildman–Crippen LogP) is 4.80. The summed E-state index contributed by atoms with van der Waals surface area (Å²) < 4.78 is 27.2. The van der Waals surface area contributed by atoms with E-state index < -0.39 is 17.5 Å². The maximum Gasteiger partial charge on any atom is 0.262 e. The molecule has 1 aliphatic rings. The first kappa shape index (κ1) is 20.2. The van der Waals surface area contributed by atoms with Crippen LogP contribution in [0.4, 0.5) is 20.5 Å². The summed E-state index contributed by atoms with van der Waals surface area (Å²) in [6.45, 7) is 4.20. The second kappa shape index (κ2) is 9.08. The maximum atomic E-state index is 14.0. The van der Waals surface area contributed by atoms with E-state index in [1.165, 1.54) is 37.0 Å². The Hall–Kier alpha value is -2.57. The highest BCUT2D eigenvalue weighted by Gasteiger charge is 2.23. The number of benzene rings is 1. The molecule has 1 atom stereocenters. The van der Waals surface area contributed by atoms with Crippen molar-refractivity contribution in [2.45, 2.75) is 52.0 Å². The summed E-state index contributed by atoms with van der Waals surface area (Å²) in [4.78, 5) is 22.9. The molecule has 1 amide bonds. The van der Waals surface area contributed by atoms with Crippen molar-refractivity contribution in [1.82, 2.24) is 9.97 Å². The molecule has 3 rings (SSSR count). The van der Waals surface area contributed by atoms with Crippen molar-refractivity contribution >= 4 is 17.7 Å². The van der Waals surface area contributed by atoms with Crippen LogP contribution < -0.4 is 10.2 Å². The van der Waals surface area contributed by atoms with E-state index in [0.717, 1.165) is 12.1 Å². The molecule has 1 aromatic heterocycles. The standard InChI is InChI=1S/C21H26F2N4O/c1-3-27(20(28)17-10-9-16(22)13-18(17)23)19-11-12-24-21(26-19)25-14(2)15-7-5-4-6-8-15/h9-15H,3-8H2,1-2H3,(H,24,25,26)/t14-/m0/s1. The molecule has 0 radical (unpaired) electrons. The van der Waals surface area contributed by atoms with Gasteiger partial charge < -0.3 is 5.32 Å². The number of hydrogen-bond acceptors (Lipinski definition) is 4.